The molecule has 71 heavy (non-hydrogen) atoms. The molecule has 0 bridgehead atoms. The van der Waals surface area contributed by atoms with E-state index in [-0.39, 0.29) is 32.0 Å². The lowest BCUT2D eigenvalue weighted by Crippen LogP contribution is -2.58. The van der Waals surface area contributed by atoms with Crippen LogP contribution in [0, 0.1) is 33.1 Å². The molecule has 2 aliphatic rings. The molecule has 3 aromatic carbocycles. The average molecular weight is 998 g/mol. The van der Waals surface area contributed by atoms with Gasteiger partial charge in [-0.2, -0.15) is 0 Å². The maximum Gasteiger partial charge on any atom is 0.308 e. The fraction of sp³-hybridized carbons (Fsp3) is 0.377. The zero-order valence-electron chi connectivity index (χ0n) is 41.6. The zero-order chi connectivity index (χ0) is 51.1. The quantitative estimate of drug-likeness (QED) is 0.0990. The van der Waals surface area contributed by atoms with Crippen molar-refractivity contribution < 1.29 is 33.8 Å². The van der Waals surface area contributed by atoms with Gasteiger partial charge in [0.1, 0.15) is 29.0 Å². The van der Waals surface area contributed by atoms with Crippen molar-refractivity contribution in [2.45, 2.75) is 98.5 Å². The van der Waals surface area contributed by atoms with E-state index in [1.807, 2.05) is 112 Å². The Bertz CT molecular complexity index is 3020. The number of carbonyl (C=O) groups is 5. The number of thiophene rings is 1. The molecule has 1 saturated heterocycles. The van der Waals surface area contributed by atoms with Gasteiger partial charge in [-0.25, -0.2) is 4.98 Å². The summed E-state index contributed by atoms with van der Waals surface area (Å²) in [5, 5.41) is 26.3. The van der Waals surface area contributed by atoms with Crippen molar-refractivity contribution in [3.8, 4) is 26.6 Å². The van der Waals surface area contributed by atoms with Crippen LogP contribution in [0.5, 0.6) is 0 Å². The van der Waals surface area contributed by atoms with Crippen LogP contribution < -0.4 is 10.6 Å². The van der Waals surface area contributed by atoms with Gasteiger partial charge in [0.15, 0.2) is 5.82 Å². The number of nitrogens with zero attached hydrogens (tertiary/aromatic N) is 7. The van der Waals surface area contributed by atoms with E-state index in [1.54, 1.807) is 34.8 Å². The van der Waals surface area contributed by atoms with E-state index in [2.05, 4.69) is 39.7 Å². The molecule has 18 heteroatoms. The Morgan fingerprint density at radius 2 is 1.52 bits per heavy atom. The first-order valence-electron chi connectivity index (χ1n) is 23.5. The Morgan fingerprint density at radius 1 is 0.887 bits per heavy atom. The molecule has 0 spiro atoms. The fourth-order valence-electron chi connectivity index (χ4n) is 9.12. The second-order valence-electron chi connectivity index (χ2n) is 19.4. The molecule has 5 heterocycles. The molecule has 0 unspecified atom stereocenters. The van der Waals surface area contributed by atoms with Crippen molar-refractivity contribution >= 4 is 58.0 Å². The fourth-order valence-corrected chi connectivity index (χ4v) is 11.1. The molecule has 5 atom stereocenters. The monoisotopic (exact) mass is 997 g/mol. The zero-order valence-corrected chi connectivity index (χ0v) is 43.2. The van der Waals surface area contributed by atoms with Gasteiger partial charge in [-0.15, -0.1) is 32.9 Å². The number of aliphatic hydroxyl groups is 1. The molecule has 0 radical (unpaired) electrons. The lowest BCUT2D eigenvalue weighted by atomic mass is 9.85. The molecular weight excluding hydrogens is 939 g/mol. The van der Waals surface area contributed by atoms with Crippen LogP contribution in [-0.2, 0) is 23.9 Å². The topological polar surface area (TPSA) is 201 Å². The van der Waals surface area contributed by atoms with Crippen LogP contribution in [0.15, 0.2) is 83.3 Å². The standard InChI is InChI=1S/C53H59N9O7S2/c1-28-31(4)71-52-44(28)45(56-40(24-43(65)69-10)48-59-58-32(5)62(48)52)36-17-13-34(14-18-36)35-15-21-38(22-16-35)50(67)60(9)26-42(64)57-47(53(6,7)8)51(68)61-25-39(63)23-41(61)49(66)55-29(2)33-11-19-37(20-12-33)46-30(3)54-27-70-46/h11-22,27,29,39-41,47,63H,23-26H2,1-10H3,(H,55,66)(H,57,64)/t29-,39+,40-,41-,47+/m0/s1. The number of rotatable bonds is 13. The molecule has 370 valence electrons. The number of methoxy groups -OCH3 is 1. The summed E-state index contributed by atoms with van der Waals surface area (Å²) < 4.78 is 7.02. The molecule has 6 aromatic rings. The predicted octanol–water partition coefficient (Wildman–Crippen LogP) is 7.25. The predicted molar refractivity (Wildman–Crippen MR) is 274 cm³/mol. The smallest absolute Gasteiger partial charge is 0.308 e. The number of likely N-dealkylation sites (tertiary alicyclic amines) is 1. The maximum atomic E-state index is 14.3. The number of amides is 4. The van der Waals surface area contributed by atoms with Gasteiger partial charge in [0, 0.05) is 41.6 Å². The number of aryl methyl sites for hydroxylation is 3. The van der Waals surface area contributed by atoms with Gasteiger partial charge in [0.2, 0.25) is 17.7 Å². The molecule has 8 rings (SSSR count). The highest BCUT2D eigenvalue weighted by Crippen LogP contribution is 2.40. The van der Waals surface area contributed by atoms with Crippen molar-refractivity contribution in [1.29, 1.82) is 0 Å². The van der Waals surface area contributed by atoms with Crippen LogP contribution in [-0.4, -0.2) is 115 Å². The molecule has 2 aliphatic heterocycles. The number of hydrogen-bond acceptors (Lipinski definition) is 13. The maximum absolute atomic E-state index is 14.3. The van der Waals surface area contributed by atoms with E-state index < -0.39 is 59.2 Å². The number of aromatic nitrogens is 4. The highest BCUT2D eigenvalue weighted by atomic mass is 32.1. The van der Waals surface area contributed by atoms with Gasteiger partial charge in [0.25, 0.3) is 5.91 Å². The number of fused-ring (bicyclic) bond motifs is 3. The third kappa shape index (κ3) is 10.5. The van der Waals surface area contributed by atoms with Crippen molar-refractivity contribution in [3.05, 3.63) is 128 Å². The molecular formula is C53H59N9O7S2. The van der Waals surface area contributed by atoms with Crippen molar-refractivity contribution in [2.24, 2.45) is 10.4 Å². The van der Waals surface area contributed by atoms with E-state index in [0.717, 1.165) is 65.1 Å². The number of carbonyl (C=O) groups excluding carboxylic acids is 5. The van der Waals surface area contributed by atoms with E-state index in [9.17, 15) is 29.1 Å². The number of β-amino-alcohol motifs (C(OH)–C–C–N with tert-alkyl or cyclic N) is 1. The number of aliphatic hydroxyl groups excluding tert-OH is 1. The molecule has 0 saturated carbocycles. The molecule has 4 amide bonds. The first kappa shape index (κ1) is 50.5. The minimum Gasteiger partial charge on any atom is -0.469 e. The van der Waals surface area contributed by atoms with Gasteiger partial charge >= 0.3 is 5.97 Å². The second-order valence-corrected chi connectivity index (χ2v) is 21.4. The van der Waals surface area contributed by atoms with Gasteiger partial charge in [0.05, 0.1) is 54.0 Å². The van der Waals surface area contributed by atoms with Crippen LogP contribution in [0.1, 0.15) is 107 Å². The number of ether oxygens (including phenoxy) is 1. The number of likely N-dealkylation sites (N-methyl/N-ethyl adjacent to an activating group) is 1. The molecule has 0 aliphatic carbocycles. The van der Waals surface area contributed by atoms with Gasteiger partial charge in [-0.1, -0.05) is 81.4 Å². The summed E-state index contributed by atoms with van der Waals surface area (Å²) in [4.78, 5) is 82.3. The van der Waals surface area contributed by atoms with Crippen LogP contribution >= 0.6 is 22.7 Å². The summed E-state index contributed by atoms with van der Waals surface area (Å²) in [7, 11) is 2.88. The summed E-state index contributed by atoms with van der Waals surface area (Å²) in [6.45, 7) is 14.9. The number of benzene rings is 3. The number of thiazole rings is 1. The average Bonchev–Trinajstić information content (AvgIpc) is 4.12. The molecule has 1 fully saturated rings. The number of nitrogens with one attached hydrogen (secondary N) is 2. The number of hydrogen-bond donors (Lipinski definition) is 3. The highest BCUT2D eigenvalue weighted by Gasteiger charge is 2.45. The minimum atomic E-state index is -1.06. The third-order valence-electron chi connectivity index (χ3n) is 13.2. The van der Waals surface area contributed by atoms with Gasteiger partial charge < -0.3 is 30.3 Å². The minimum absolute atomic E-state index is 0.00410. The Labute approximate surface area is 421 Å². The lowest BCUT2D eigenvalue weighted by Gasteiger charge is -2.36. The lowest BCUT2D eigenvalue weighted by molar-refractivity contribution is -0.144. The Morgan fingerprint density at radius 3 is 2.14 bits per heavy atom. The van der Waals surface area contributed by atoms with E-state index >= 15 is 0 Å². The van der Waals surface area contributed by atoms with Gasteiger partial charge in [-0.3, -0.25) is 33.5 Å². The first-order chi connectivity index (χ1) is 33.7. The third-order valence-corrected chi connectivity index (χ3v) is 15.4. The molecule has 16 nitrogen and oxygen atoms in total. The normalized spacial score (nSPS) is 17.3. The molecule has 3 N–H and O–H groups in total. The van der Waals surface area contributed by atoms with Crippen molar-refractivity contribution in [3.63, 3.8) is 0 Å². The molecule has 3 aromatic heterocycles. The highest BCUT2D eigenvalue weighted by molar-refractivity contribution is 7.15. The summed E-state index contributed by atoms with van der Waals surface area (Å²) >= 11 is 3.20. The second kappa shape index (κ2) is 20.4. The van der Waals surface area contributed by atoms with E-state index in [4.69, 9.17) is 9.73 Å². The van der Waals surface area contributed by atoms with Crippen LogP contribution in [0.25, 0.3) is 26.6 Å². The van der Waals surface area contributed by atoms with E-state index in [1.165, 1.54) is 24.0 Å². The summed E-state index contributed by atoms with van der Waals surface area (Å²) in [6.07, 6.45) is -0.868. The Hall–Kier alpha value is -6.89. The van der Waals surface area contributed by atoms with Gasteiger partial charge in [-0.05, 0) is 80.0 Å². The Kier molecular flexibility index (Phi) is 14.5. The largest absolute Gasteiger partial charge is 0.469 e. The SMILES string of the molecule is COC(=O)C[C@@H]1N=C(c2ccc(-c3ccc(C(=O)N(C)CC(=O)N[C@H](C(=O)N4C[C@H](O)C[C@H]4C(=O)N[C@@H](C)c4ccc(-c5scnc5C)cc4)C(C)(C)C)cc3)cc2)c2c(sc(C)c2C)-n2c(C)nnc21. The summed E-state index contributed by atoms with van der Waals surface area (Å²) in [5.41, 5.74) is 9.66. The summed E-state index contributed by atoms with van der Waals surface area (Å²) in [5.74, 6) is -0.967. The van der Waals surface area contributed by atoms with E-state index in [0.29, 0.717) is 17.2 Å². The summed E-state index contributed by atoms with van der Waals surface area (Å²) in [6, 6.07) is 19.9. The number of esters is 1. The Balaban J connectivity index is 0.911. The van der Waals surface area contributed by atoms with Crippen molar-refractivity contribution in [2.75, 3.05) is 27.2 Å². The first-order valence-corrected chi connectivity index (χ1v) is 25.2. The van der Waals surface area contributed by atoms with Crippen LogP contribution in [0.4, 0.5) is 0 Å². The van der Waals surface area contributed by atoms with Crippen molar-refractivity contribution in [1.82, 2.24) is 40.2 Å². The van der Waals surface area contributed by atoms with Crippen LogP contribution in [0.3, 0.4) is 0 Å². The van der Waals surface area contributed by atoms with Crippen LogP contribution in [0.2, 0.25) is 0 Å². The number of aliphatic imine (C=N–C) groups is 1.